The number of nitrogens with two attached hydrogens (primary N) is 1. The number of unbranched alkanes of at least 4 members (excludes halogenated alkanes) is 20. The highest BCUT2D eigenvalue weighted by molar-refractivity contribution is 5.69. The van der Waals surface area contributed by atoms with Gasteiger partial charge in [0, 0.05) is 39.0 Å². The third-order valence-electron chi connectivity index (χ3n) is 7.76. The number of carbonyl (C=O) groups excluding carboxylic acids is 2. The van der Waals surface area contributed by atoms with Gasteiger partial charge in [-0.15, -0.1) is 0 Å². The number of ether oxygens (including phenoxy) is 2. The second-order valence-corrected chi connectivity index (χ2v) is 11.6. The molecule has 0 aliphatic carbocycles. The molecule has 0 amide bonds. The molecule has 0 aromatic heterocycles. The Kier molecular flexibility index (Phi) is 31.5. The van der Waals surface area contributed by atoms with E-state index < -0.39 is 0 Å². The van der Waals surface area contributed by atoms with Gasteiger partial charge in [-0.1, -0.05) is 142 Å². The van der Waals surface area contributed by atoms with Crippen molar-refractivity contribution in [1.29, 1.82) is 0 Å². The third kappa shape index (κ3) is 29.8. The summed E-state index contributed by atoms with van der Waals surface area (Å²) < 4.78 is 10.9. The first-order chi connectivity index (χ1) is 19.6. The molecule has 0 radical (unpaired) electrons. The van der Waals surface area contributed by atoms with Crippen LogP contribution in [0.25, 0.3) is 0 Å². The summed E-state index contributed by atoms with van der Waals surface area (Å²) in [4.78, 5) is 26.2. The Labute approximate surface area is 248 Å². The molecule has 0 aliphatic rings. The van der Waals surface area contributed by atoms with Crippen molar-refractivity contribution in [2.45, 2.75) is 168 Å². The van der Waals surface area contributed by atoms with Crippen LogP contribution in [0.3, 0.4) is 0 Å². The monoisotopic (exact) mass is 569 g/mol. The molecular formula is C34H68N2O4. The van der Waals surface area contributed by atoms with E-state index in [-0.39, 0.29) is 11.9 Å². The molecule has 238 valence electrons. The SMILES string of the molecule is CCCCCCCCCCCCCC(=O)OCCN(CCN)CCOC(=O)CCCCCCCCCCCCC. The highest BCUT2D eigenvalue weighted by atomic mass is 16.5. The molecule has 6 heteroatoms. The van der Waals surface area contributed by atoms with Gasteiger partial charge in [0.15, 0.2) is 0 Å². The number of nitrogens with zero attached hydrogens (tertiary/aromatic N) is 1. The lowest BCUT2D eigenvalue weighted by atomic mass is 10.1. The third-order valence-corrected chi connectivity index (χ3v) is 7.76. The molecule has 0 fully saturated rings. The van der Waals surface area contributed by atoms with Crippen molar-refractivity contribution in [2.24, 2.45) is 5.73 Å². The predicted molar refractivity (Wildman–Crippen MR) is 170 cm³/mol. The first-order valence-corrected chi connectivity index (χ1v) is 17.4. The molecule has 0 atom stereocenters. The first-order valence-electron chi connectivity index (χ1n) is 17.4. The molecule has 0 unspecified atom stereocenters. The van der Waals surface area contributed by atoms with E-state index in [0.29, 0.717) is 52.2 Å². The molecule has 0 saturated heterocycles. The second kappa shape index (κ2) is 32.4. The lowest BCUT2D eigenvalue weighted by Crippen LogP contribution is -2.35. The lowest BCUT2D eigenvalue weighted by molar-refractivity contribution is -0.144. The summed E-state index contributed by atoms with van der Waals surface area (Å²) >= 11 is 0. The maximum absolute atomic E-state index is 12.1. The molecule has 0 bridgehead atoms. The normalized spacial score (nSPS) is 11.3. The van der Waals surface area contributed by atoms with Gasteiger partial charge >= 0.3 is 11.9 Å². The summed E-state index contributed by atoms with van der Waals surface area (Å²) in [6, 6.07) is 0. The fourth-order valence-corrected chi connectivity index (χ4v) is 5.11. The first kappa shape index (κ1) is 38.9. The summed E-state index contributed by atoms with van der Waals surface area (Å²) in [7, 11) is 0. The van der Waals surface area contributed by atoms with Gasteiger partial charge in [0.2, 0.25) is 0 Å². The van der Waals surface area contributed by atoms with Crippen molar-refractivity contribution in [3.63, 3.8) is 0 Å². The smallest absolute Gasteiger partial charge is 0.305 e. The van der Waals surface area contributed by atoms with E-state index in [4.69, 9.17) is 15.2 Å². The van der Waals surface area contributed by atoms with Crippen molar-refractivity contribution < 1.29 is 19.1 Å². The molecule has 0 aromatic rings. The summed E-state index contributed by atoms with van der Waals surface area (Å²) in [5.41, 5.74) is 5.74. The number of hydrogen-bond acceptors (Lipinski definition) is 6. The van der Waals surface area contributed by atoms with Crippen molar-refractivity contribution in [1.82, 2.24) is 4.90 Å². The van der Waals surface area contributed by atoms with Gasteiger partial charge in [-0.25, -0.2) is 0 Å². The molecule has 0 spiro atoms. The fraction of sp³-hybridized carbons (Fsp3) is 0.941. The minimum absolute atomic E-state index is 0.109. The highest BCUT2D eigenvalue weighted by Crippen LogP contribution is 2.13. The van der Waals surface area contributed by atoms with Crippen molar-refractivity contribution in [3.05, 3.63) is 0 Å². The fourth-order valence-electron chi connectivity index (χ4n) is 5.11. The number of carbonyl (C=O) groups is 2. The van der Waals surface area contributed by atoms with Gasteiger partial charge in [-0.2, -0.15) is 0 Å². The van der Waals surface area contributed by atoms with Crippen LogP contribution in [0.4, 0.5) is 0 Å². The molecule has 6 nitrogen and oxygen atoms in total. The van der Waals surface area contributed by atoms with E-state index in [1.807, 2.05) is 0 Å². The van der Waals surface area contributed by atoms with E-state index in [2.05, 4.69) is 18.7 Å². The van der Waals surface area contributed by atoms with Gasteiger partial charge in [-0.05, 0) is 12.8 Å². The average molecular weight is 569 g/mol. The molecular weight excluding hydrogens is 500 g/mol. The Bertz CT molecular complexity index is 500. The number of esters is 2. The Morgan fingerprint density at radius 2 is 0.775 bits per heavy atom. The van der Waals surface area contributed by atoms with Crippen LogP contribution in [-0.2, 0) is 19.1 Å². The zero-order chi connectivity index (χ0) is 29.4. The van der Waals surface area contributed by atoms with Gasteiger partial charge < -0.3 is 15.2 Å². The largest absolute Gasteiger partial charge is 0.464 e. The van der Waals surface area contributed by atoms with Gasteiger partial charge in [0.1, 0.15) is 13.2 Å². The zero-order valence-corrected chi connectivity index (χ0v) is 26.9. The van der Waals surface area contributed by atoms with Gasteiger partial charge in [-0.3, -0.25) is 14.5 Å². The number of rotatable bonds is 32. The molecule has 0 saturated carbocycles. The Balaban J connectivity index is 3.63. The molecule has 2 N–H and O–H groups in total. The lowest BCUT2D eigenvalue weighted by Gasteiger charge is -2.21. The number of hydrogen-bond donors (Lipinski definition) is 1. The maximum atomic E-state index is 12.1. The minimum atomic E-state index is -0.109. The molecule has 0 aliphatic heterocycles. The summed E-state index contributed by atoms with van der Waals surface area (Å²) in [5, 5.41) is 0. The van der Waals surface area contributed by atoms with Crippen LogP contribution in [-0.4, -0.2) is 56.2 Å². The maximum Gasteiger partial charge on any atom is 0.305 e. The van der Waals surface area contributed by atoms with Crippen LogP contribution in [0, 0.1) is 0 Å². The quantitative estimate of drug-likeness (QED) is 0.0645. The van der Waals surface area contributed by atoms with Gasteiger partial charge in [0.25, 0.3) is 0 Å². The Hall–Kier alpha value is -1.14. The predicted octanol–water partition coefficient (Wildman–Crippen LogP) is 8.74. The molecule has 0 heterocycles. The summed E-state index contributed by atoms with van der Waals surface area (Å²) in [6.07, 6.45) is 29.0. The van der Waals surface area contributed by atoms with Crippen LogP contribution >= 0.6 is 0 Å². The van der Waals surface area contributed by atoms with Crippen LogP contribution in [0.5, 0.6) is 0 Å². The summed E-state index contributed by atoms with van der Waals surface area (Å²) in [6.45, 7) is 7.72. The standard InChI is InChI=1S/C34H68N2O4/c1-3-5-7-9-11-13-15-17-19-21-23-25-33(37)39-31-29-36(28-27-35)30-32-40-34(38)26-24-22-20-18-16-14-12-10-8-6-4-2/h3-32,35H2,1-2H3. The Morgan fingerprint density at radius 1 is 0.475 bits per heavy atom. The second-order valence-electron chi connectivity index (χ2n) is 11.6. The minimum Gasteiger partial charge on any atom is -0.464 e. The van der Waals surface area contributed by atoms with Gasteiger partial charge in [0.05, 0.1) is 0 Å². The van der Waals surface area contributed by atoms with Crippen LogP contribution in [0.15, 0.2) is 0 Å². The van der Waals surface area contributed by atoms with Crippen LogP contribution in [0.2, 0.25) is 0 Å². The summed E-state index contributed by atoms with van der Waals surface area (Å²) in [5.74, 6) is -0.218. The molecule has 40 heavy (non-hydrogen) atoms. The van der Waals surface area contributed by atoms with Crippen molar-refractivity contribution in [2.75, 3.05) is 39.4 Å². The highest BCUT2D eigenvalue weighted by Gasteiger charge is 2.09. The van der Waals surface area contributed by atoms with E-state index in [9.17, 15) is 9.59 Å². The topological polar surface area (TPSA) is 81.9 Å². The van der Waals surface area contributed by atoms with Crippen molar-refractivity contribution >= 4 is 11.9 Å². The van der Waals surface area contributed by atoms with E-state index in [1.165, 1.54) is 116 Å². The zero-order valence-electron chi connectivity index (χ0n) is 26.9. The Morgan fingerprint density at radius 3 is 1.07 bits per heavy atom. The van der Waals surface area contributed by atoms with E-state index in [0.717, 1.165) is 25.7 Å². The van der Waals surface area contributed by atoms with Crippen molar-refractivity contribution in [3.8, 4) is 0 Å². The van der Waals surface area contributed by atoms with E-state index in [1.54, 1.807) is 0 Å². The molecule has 0 rings (SSSR count). The molecule has 0 aromatic carbocycles. The van der Waals surface area contributed by atoms with E-state index >= 15 is 0 Å². The van der Waals surface area contributed by atoms with Crippen LogP contribution < -0.4 is 5.73 Å². The average Bonchev–Trinajstić information content (AvgIpc) is 2.94. The van der Waals surface area contributed by atoms with Crippen LogP contribution in [0.1, 0.15) is 168 Å².